The van der Waals surface area contributed by atoms with Crippen molar-refractivity contribution < 1.29 is 14.6 Å². The van der Waals surface area contributed by atoms with Gasteiger partial charge in [-0.05, 0) is 25.0 Å². The molecule has 0 aromatic heterocycles. The zero-order valence-electron chi connectivity index (χ0n) is 11.1. The van der Waals surface area contributed by atoms with Gasteiger partial charge < -0.3 is 9.84 Å². The average Bonchev–Trinajstić information content (AvgIpc) is 2.69. The van der Waals surface area contributed by atoms with Crippen LogP contribution >= 0.6 is 11.8 Å². The molecule has 0 spiro atoms. The van der Waals surface area contributed by atoms with Crippen molar-refractivity contribution in [2.24, 2.45) is 5.92 Å². The molecule has 4 heteroatoms. The van der Waals surface area contributed by atoms with E-state index in [0.29, 0.717) is 6.42 Å². The fraction of sp³-hybridized carbons (Fsp3) is 0.533. The zero-order valence-corrected chi connectivity index (χ0v) is 11.9. The maximum absolute atomic E-state index is 12.0. The SMILES string of the molecule is CCC[C@H]1OC(=O)[C@@H](Sc2ccccc2)[C@@H]1CCO. The van der Waals surface area contributed by atoms with E-state index in [1.165, 1.54) is 0 Å². The van der Waals surface area contributed by atoms with Crippen LogP contribution in [0.3, 0.4) is 0 Å². The van der Waals surface area contributed by atoms with E-state index in [0.717, 1.165) is 17.7 Å². The highest BCUT2D eigenvalue weighted by Gasteiger charge is 2.44. The number of carbonyl (C=O) groups excluding carboxylic acids is 1. The van der Waals surface area contributed by atoms with Crippen LogP contribution < -0.4 is 0 Å². The minimum atomic E-state index is -0.189. The summed E-state index contributed by atoms with van der Waals surface area (Å²) in [7, 11) is 0. The standard InChI is InChI=1S/C15H20O3S/c1-2-6-13-12(9-10-16)14(15(17)18-13)19-11-7-4-3-5-8-11/h3-5,7-8,12-14,16H,2,6,9-10H2,1H3/t12-,13-,14+/m1/s1. The van der Waals surface area contributed by atoms with Gasteiger partial charge in [0, 0.05) is 17.4 Å². The second-order valence-electron chi connectivity index (χ2n) is 4.79. The molecule has 1 aliphatic rings. The molecule has 0 unspecified atom stereocenters. The Morgan fingerprint density at radius 2 is 2.00 bits per heavy atom. The summed E-state index contributed by atoms with van der Waals surface area (Å²) in [5.74, 6) is -0.0200. The minimum absolute atomic E-state index is 0.0362. The van der Waals surface area contributed by atoms with E-state index in [9.17, 15) is 9.90 Å². The molecule has 0 bridgehead atoms. The van der Waals surface area contributed by atoms with Gasteiger partial charge in [0.25, 0.3) is 0 Å². The third kappa shape index (κ3) is 3.51. The summed E-state index contributed by atoms with van der Waals surface area (Å²) in [5, 5.41) is 9.02. The monoisotopic (exact) mass is 280 g/mol. The number of carbonyl (C=O) groups is 1. The molecule has 3 nitrogen and oxygen atoms in total. The molecule has 2 rings (SSSR count). The summed E-state index contributed by atoms with van der Waals surface area (Å²) < 4.78 is 5.48. The lowest BCUT2D eigenvalue weighted by atomic mass is 9.94. The minimum Gasteiger partial charge on any atom is -0.461 e. The van der Waals surface area contributed by atoms with Crippen LogP contribution in [-0.4, -0.2) is 29.0 Å². The molecule has 0 aliphatic carbocycles. The van der Waals surface area contributed by atoms with E-state index in [4.69, 9.17) is 4.74 Å². The lowest BCUT2D eigenvalue weighted by Gasteiger charge is -2.19. The number of esters is 1. The van der Waals surface area contributed by atoms with Crippen molar-refractivity contribution in [1.82, 2.24) is 0 Å². The fourth-order valence-electron chi connectivity index (χ4n) is 2.50. The molecular formula is C15H20O3S. The average molecular weight is 280 g/mol. The second-order valence-corrected chi connectivity index (χ2v) is 6.01. The largest absolute Gasteiger partial charge is 0.461 e. The Bertz CT molecular complexity index is 407. The molecule has 104 valence electrons. The number of thioether (sulfide) groups is 1. The lowest BCUT2D eigenvalue weighted by molar-refractivity contribution is -0.141. The summed E-state index contributed by atoms with van der Waals surface area (Å²) in [6.45, 7) is 2.19. The first-order valence-electron chi connectivity index (χ1n) is 6.79. The topological polar surface area (TPSA) is 46.5 Å². The van der Waals surface area contributed by atoms with E-state index >= 15 is 0 Å². The van der Waals surface area contributed by atoms with Crippen LogP contribution in [0.5, 0.6) is 0 Å². The molecular weight excluding hydrogens is 260 g/mol. The van der Waals surface area contributed by atoms with E-state index in [1.54, 1.807) is 11.8 Å². The summed E-state index contributed by atoms with van der Waals surface area (Å²) in [5.41, 5.74) is 0. The smallest absolute Gasteiger partial charge is 0.320 e. The quantitative estimate of drug-likeness (QED) is 0.814. The van der Waals surface area contributed by atoms with Gasteiger partial charge in [-0.15, -0.1) is 11.8 Å². The van der Waals surface area contributed by atoms with E-state index in [-0.39, 0.29) is 29.8 Å². The Hall–Kier alpha value is -1.00. The third-order valence-electron chi connectivity index (χ3n) is 3.41. The van der Waals surface area contributed by atoms with Crippen LogP contribution in [-0.2, 0) is 9.53 Å². The first-order chi connectivity index (χ1) is 9.26. The lowest BCUT2D eigenvalue weighted by Crippen LogP contribution is -2.24. The Kier molecular flexibility index (Phi) is 5.28. The molecule has 0 saturated carbocycles. The normalized spacial score (nSPS) is 26.4. The van der Waals surface area contributed by atoms with Crippen LogP contribution in [0.25, 0.3) is 0 Å². The van der Waals surface area contributed by atoms with E-state index < -0.39 is 0 Å². The van der Waals surface area contributed by atoms with Gasteiger partial charge in [-0.1, -0.05) is 31.5 Å². The van der Waals surface area contributed by atoms with Crippen molar-refractivity contribution in [3.8, 4) is 0 Å². The molecule has 1 aliphatic heterocycles. The van der Waals surface area contributed by atoms with Gasteiger partial charge >= 0.3 is 5.97 Å². The molecule has 1 N–H and O–H groups in total. The summed E-state index contributed by atoms with van der Waals surface area (Å²) in [4.78, 5) is 13.1. The van der Waals surface area contributed by atoms with Crippen molar-refractivity contribution >= 4 is 17.7 Å². The molecule has 1 heterocycles. The number of hydrogen-bond donors (Lipinski definition) is 1. The highest BCUT2D eigenvalue weighted by atomic mass is 32.2. The maximum atomic E-state index is 12.0. The van der Waals surface area contributed by atoms with Gasteiger partial charge in [0.2, 0.25) is 0 Å². The van der Waals surface area contributed by atoms with Gasteiger partial charge in [0.1, 0.15) is 11.4 Å². The number of rotatable bonds is 6. The predicted octanol–water partition coefficient (Wildman–Crippen LogP) is 2.87. The highest BCUT2D eigenvalue weighted by molar-refractivity contribution is 8.00. The van der Waals surface area contributed by atoms with Gasteiger partial charge in [-0.25, -0.2) is 0 Å². The fourth-order valence-corrected chi connectivity index (χ4v) is 3.74. The van der Waals surface area contributed by atoms with Crippen LogP contribution in [0.4, 0.5) is 0 Å². The van der Waals surface area contributed by atoms with Gasteiger partial charge in [0.15, 0.2) is 0 Å². The number of ether oxygens (including phenoxy) is 1. The number of cyclic esters (lactones) is 1. The third-order valence-corrected chi connectivity index (χ3v) is 4.75. The molecule has 1 aromatic rings. The summed E-state index contributed by atoms with van der Waals surface area (Å²) >= 11 is 1.55. The van der Waals surface area contributed by atoms with Gasteiger partial charge in [0.05, 0.1) is 0 Å². The van der Waals surface area contributed by atoms with E-state index in [1.807, 2.05) is 30.3 Å². The highest BCUT2D eigenvalue weighted by Crippen LogP contribution is 2.39. The molecule has 3 atom stereocenters. The Labute approximate surface area is 118 Å². The molecule has 0 radical (unpaired) electrons. The van der Waals surface area contributed by atoms with Crippen LogP contribution in [0.15, 0.2) is 35.2 Å². The first kappa shape index (κ1) is 14.4. The van der Waals surface area contributed by atoms with Crippen molar-refractivity contribution in [2.45, 2.75) is 42.4 Å². The van der Waals surface area contributed by atoms with Crippen LogP contribution in [0.2, 0.25) is 0 Å². The molecule has 1 aromatic carbocycles. The predicted molar refractivity (Wildman–Crippen MR) is 76.1 cm³/mol. The summed E-state index contributed by atoms with van der Waals surface area (Å²) in [6.07, 6.45) is 2.46. The number of aliphatic hydroxyl groups excluding tert-OH is 1. The molecule has 1 saturated heterocycles. The zero-order chi connectivity index (χ0) is 13.7. The Morgan fingerprint density at radius 1 is 1.26 bits per heavy atom. The Morgan fingerprint density at radius 3 is 2.63 bits per heavy atom. The molecule has 0 amide bonds. The summed E-state index contributed by atoms with van der Waals surface area (Å²) in [6, 6.07) is 9.89. The van der Waals surface area contributed by atoms with Gasteiger partial charge in [-0.2, -0.15) is 0 Å². The first-order valence-corrected chi connectivity index (χ1v) is 7.67. The number of aliphatic hydroxyl groups is 1. The Balaban J connectivity index is 2.10. The van der Waals surface area contributed by atoms with Crippen molar-refractivity contribution in [2.75, 3.05) is 6.61 Å². The molecule has 1 fully saturated rings. The van der Waals surface area contributed by atoms with Crippen molar-refractivity contribution in [1.29, 1.82) is 0 Å². The van der Waals surface area contributed by atoms with Gasteiger partial charge in [-0.3, -0.25) is 4.79 Å². The van der Waals surface area contributed by atoms with Crippen molar-refractivity contribution in [3.05, 3.63) is 30.3 Å². The number of benzene rings is 1. The van der Waals surface area contributed by atoms with Crippen LogP contribution in [0.1, 0.15) is 26.2 Å². The number of hydrogen-bond acceptors (Lipinski definition) is 4. The van der Waals surface area contributed by atoms with Crippen LogP contribution in [0, 0.1) is 5.92 Å². The van der Waals surface area contributed by atoms with E-state index in [2.05, 4.69) is 6.92 Å². The maximum Gasteiger partial charge on any atom is 0.320 e. The van der Waals surface area contributed by atoms with Crippen molar-refractivity contribution in [3.63, 3.8) is 0 Å². The molecule has 19 heavy (non-hydrogen) atoms. The second kappa shape index (κ2) is 6.96.